The van der Waals surface area contributed by atoms with E-state index < -0.39 is 15.6 Å². The van der Waals surface area contributed by atoms with Gasteiger partial charge in [-0.15, -0.1) is 0 Å². The number of rotatable bonds is 3. The van der Waals surface area contributed by atoms with Gasteiger partial charge in [0.15, 0.2) is 0 Å². The summed E-state index contributed by atoms with van der Waals surface area (Å²) in [7, 11) is 0.342. The van der Waals surface area contributed by atoms with E-state index in [9.17, 15) is 8.42 Å². The van der Waals surface area contributed by atoms with Crippen LogP contribution in [0.15, 0.2) is 28.1 Å². The van der Waals surface area contributed by atoms with Gasteiger partial charge in [-0.25, -0.2) is 18.1 Å². The molecule has 6 nitrogen and oxygen atoms in total. The normalized spacial score (nSPS) is 19.0. The van der Waals surface area contributed by atoms with Crippen LogP contribution in [0.3, 0.4) is 0 Å². The molecule has 1 aromatic carbocycles. The first-order valence-corrected chi connectivity index (χ1v) is 8.22. The Morgan fingerprint density at radius 1 is 1.29 bits per heavy atom. The second-order valence-corrected chi connectivity index (χ2v) is 7.89. The molecule has 0 unspecified atom stereocenters. The summed E-state index contributed by atoms with van der Waals surface area (Å²) in [5, 5.41) is 3.05. The fraction of sp³-hybridized carbons (Fsp3) is 0.500. The van der Waals surface area contributed by atoms with Gasteiger partial charge in [-0.3, -0.25) is 0 Å². The van der Waals surface area contributed by atoms with Crippen molar-refractivity contribution >= 4 is 21.7 Å². The number of hydrogen-bond donors (Lipinski definition) is 2. The van der Waals surface area contributed by atoms with E-state index in [-0.39, 0.29) is 10.9 Å². The fourth-order valence-corrected chi connectivity index (χ4v) is 3.66. The fourth-order valence-electron chi connectivity index (χ4n) is 2.45. The third-order valence-corrected chi connectivity index (χ3v) is 4.41. The predicted molar refractivity (Wildman–Crippen MR) is 85.2 cm³/mol. The number of aliphatic imine (C=N–C) groups is 1. The van der Waals surface area contributed by atoms with Crippen LogP contribution < -0.4 is 10.0 Å². The molecule has 0 saturated heterocycles. The highest BCUT2D eigenvalue weighted by Gasteiger charge is 2.28. The van der Waals surface area contributed by atoms with Gasteiger partial charge in [0.2, 0.25) is 5.96 Å². The van der Waals surface area contributed by atoms with Gasteiger partial charge in [0, 0.05) is 6.54 Å². The molecule has 116 valence electrons. The van der Waals surface area contributed by atoms with Crippen LogP contribution in [0.1, 0.15) is 19.4 Å². The highest BCUT2D eigenvalue weighted by Crippen LogP contribution is 2.26. The van der Waals surface area contributed by atoms with E-state index in [1.165, 1.54) is 0 Å². The Balaban J connectivity index is 2.38. The van der Waals surface area contributed by atoms with Crippen LogP contribution in [-0.2, 0) is 10.0 Å². The smallest absolute Gasteiger partial charge is 0.266 e. The average molecular weight is 310 g/mol. The van der Waals surface area contributed by atoms with Crippen molar-refractivity contribution in [2.45, 2.75) is 31.2 Å². The predicted octanol–water partition coefficient (Wildman–Crippen LogP) is 1.40. The molecule has 1 aliphatic rings. The molecule has 0 amide bonds. The SMILES string of the molecule is Cc1ccc2c(c1)S(=O)(=O)NC(=NC(C)(C)CN(C)C)N2. The maximum absolute atomic E-state index is 12.3. The first kappa shape index (κ1) is 15.8. The molecule has 0 bridgehead atoms. The summed E-state index contributed by atoms with van der Waals surface area (Å²) >= 11 is 0. The summed E-state index contributed by atoms with van der Waals surface area (Å²) in [5.74, 6) is 0.262. The molecule has 1 aromatic rings. The molecule has 1 heterocycles. The molecule has 0 aliphatic carbocycles. The van der Waals surface area contributed by atoms with Crippen LogP contribution in [0.25, 0.3) is 0 Å². The first-order valence-electron chi connectivity index (χ1n) is 6.74. The molecular formula is C14H22N4O2S. The minimum atomic E-state index is -3.57. The van der Waals surface area contributed by atoms with Gasteiger partial charge >= 0.3 is 0 Å². The second-order valence-electron chi connectivity index (χ2n) is 6.24. The number of anilines is 1. The Morgan fingerprint density at radius 3 is 2.57 bits per heavy atom. The molecule has 2 rings (SSSR count). The van der Waals surface area contributed by atoms with Gasteiger partial charge in [-0.1, -0.05) is 6.07 Å². The lowest BCUT2D eigenvalue weighted by molar-refractivity contribution is 0.319. The number of sulfonamides is 1. The Kier molecular flexibility index (Phi) is 3.99. The van der Waals surface area contributed by atoms with Crippen molar-refractivity contribution in [3.8, 4) is 0 Å². The van der Waals surface area contributed by atoms with E-state index in [1.54, 1.807) is 12.1 Å². The highest BCUT2D eigenvalue weighted by molar-refractivity contribution is 7.90. The molecule has 0 spiro atoms. The minimum Gasteiger partial charge on any atom is -0.324 e. The maximum Gasteiger partial charge on any atom is 0.266 e. The quantitative estimate of drug-likeness (QED) is 0.885. The van der Waals surface area contributed by atoms with Crippen molar-refractivity contribution in [2.75, 3.05) is 26.0 Å². The van der Waals surface area contributed by atoms with E-state index >= 15 is 0 Å². The summed E-state index contributed by atoms with van der Waals surface area (Å²) < 4.78 is 27.1. The minimum absolute atomic E-state index is 0.256. The number of hydrogen-bond acceptors (Lipinski definition) is 4. The van der Waals surface area contributed by atoms with Crippen molar-refractivity contribution in [2.24, 2.45) is 4.99 Å². The number of aryl methyl sites for hydroxylation is 1. The zero-order chi connectivity index (χ0) is 15.8. The number of guanidine groups is 1. The van der Waals surface area contributed by atoms with Gasteiger partial charge in [0.05, 0.1) is 11.2 Å². The molecule has 0 atom stereocenters. The van der Waals surface area contributed by atoms with Crippen molar-refractivity contribution in [1.82, 2.24) is 9.62 Å². The summed E-state index contributed by atoms with van der Waals surface area (Å²) in [6, 6.07) is 5.28. The van der Waals surface area contributed by atoms with E-state index in [1.807, 2.05) is 45.8 Å². The molecule has 1 aliphatic heterocycles. The van der Waals surface area contributed by atoms with E-state index in [2.05, 4.69) is 15.0 Å². The molecule has 7 heteroatoms. The van der Waals surface area contributed by atoms with Gasteiger partial charge < -0.3 is 10.2 Å². The summed E-state index contributed by atoms with van der Waals surface area (Å²) in [6.45, 7) is 6.49. The molecular weight excluding hydrogens is 288 g/mol. The van der Waals surface area contributed by atoms with Crippen molar-refractivity contribution in [3.63, 3.8) is 0 Å². The van der Waals surface area contributed by atoms with Crippen LogP contribution in [0.5, 0.6) is 0 Å². The van der Waals surface area contributed by atoms with Crippen LogP contribution in [0.2, 0.25) is 0 Å². The first-order chi connectivity index (χ1) is 9.59. The maximum atomic E-state index is 12.3. The zero-order valence-electron chi connectivity index (χ0n) is 13.1. The van der Waals surface area contributed by atoms with Gasteiger partial charge in [-0.2, -0.15) is 0 Å². The molecule has 21 heavy (non-hydrogen) atoms. The zero-order valence-corrected chi connectivity index (χ0v) is 13.9. The van der Waals surface area contributed by atoms with E-state index in [0.717, 1.165) is 5.56 Å². The Hall–Kier alpha value is -1.60. The van der Waals surface area contributed by atoms with Crippen LogP contribution in [0.4, 0.5) is 5.69 Å². The number of likely N-dealkylation sites (N-methyl/N-ethyl adjacent to an activating group) is 1. The standard InChI is InChI=1S/C14H22N4O2S/c1-10-6-7-11-12(8-10)21(19,20)17-13(15-11)16-14(2,3)9-18(4)5/h6-8H,9H2,1-5H3,(H2,15,16,17). The number of nitrogens with one attached hydrogen (secondary N) is 2. The van der Waals surface area contributed by atoms with Crippen LogP contribution in [0, 0.1) is 6.92 Å². The Labute approximate surface area is 126 Å². The summed E-state index contributed by atoms with van der Waals surface area (Å²) in [5.41, 5.74) is 1.05. The summed E-state index contributed by atoms with van der Waals surface area (Å²) in [4.78, 5) is 6.77. The average Bonchev–Trinajstić information content (AvgIpc) is 2.27. The lowest BCUT2D eigenvalue weighted by atomic mass is 10.1. The molecule has 0 aromatic heterocycles. The van der Waals surface area contributed by atoms with Crippen molar-refractivity contribution < 1.29 is 8.42 Å². The third kappa shape index (κ3) is 3.74. The number of fused-ring (bicyclic) bond motifs is 1. The third-order valence-electron chi connectivity index (χ3n) is 3.03. The molecule has 0 saturated carbocycles. The lowest BCUT2D eigenvalue weighted by Gasteiger charge is -2.28. The number of benzene rings is 1. The van der Waals surface area contributed by atoms with Crippen LogP contribution >= 0.6 is 0 Å². The number of nitrogens with zero attached hydrogens (tertiary/aromatic N) is 2. The Bertz CT molecular complexity index is 678. The van der Waals surface area contributed by atoms with E-state index in [4.69, 9.17) is 0 Å². The van der Waals surface area contributed by atoms with Gasteiger partial charge in [0.1, 0.15) is 4.90 Å². The van der Waals surface area contributed by atoms with Gasteiger partial charge in [-0.05, 0) is 52.6 Å². The van der Waals surface area contributed by atoms with Gasteiger partial charge in [0.25, 0.3) is 10.0 Å². The monoisotopic (exact) mass is 310 g/mol. The second kappa shape index (κ2) is 5.31. The molecule has 0 radical (unpaired) electrons. The lowest BCUT2D eigenvalue weighted by Crippen LogP contribution is -2.44. The summed E-state index contributed by atoms with van der Waals surface area (Å²) in [6.07, 6.45) is 0. The topological polar surface area (TPSA) is 73.8 Å². The highest BCUT2D eigenvalue weighted by atomic mass is 32.2. The van der Waals surface area contributed by atoms with Crippen molar-refractivity contribution in [1.29, 1.82) is 0 Å². The van der Waals surface area contributed by atoms with Crippen LogP contribution in [-0.4, -0.2) is 45.5 Å². The largest absolute Gasteiger partial charge is 0.324 e. The van der Waals surface area contributed by atoms with E-state index in [0.29, 0.717) is 12.2 Å². The van der Waals surface area contributed by atoms with Crippen molar-refractivity contribution in [3.05, 3.63) is 23.8 Å². The molecule has 0 fully saturated rings. The Morgan fingerprint density at radius 2 is 1.95 bits per heavy atom. The molecule has 2 N–H and O–H groups in total.